The number of benzene rings is 1. The molecule has 0 bridgehead atoms. The van der Waals surface area contributed by atoms with Gasteiger partial charge in [-0.1, -0.05) is 23.4 Å². The molecule has 2 rings (SSSR count). The molecule has 1 aromatic rings. The van der Waals surface area contributed by atoms with Crippen molar-refractivity contribution in [1.82, 2.24) is 5.32 Å². The molecule has 0 aliphatic carbocycles. The van der Waals surface area contributed by atoms with Gasteiger partial charge < -0.3 is 15.8 Å². The number of urea groups is 1. The van der Waals surface area contributed by atoms with Crippen LogP contribution in [0.4, 0.5) is 10.5 Å². The number of nitrogens with zero attached hydrogens (tertiary/aromatic N) is 1. The highest BCUT2D eigenvalue weighted by molar-refractivity contribution is 6.11. The Morgan fingerprint density at radius 3 is 2.93 bits per heavy atom. The van der Waals surface area contributed by atoms with Crippen molar-refractivity contribution in [3.63, 3.8) is 0 Å². The fourth-order valence-corrected chi connectivity index (χ4v) is 1.36. The van der Waals surface area contributed by atoms with Gasteiger partial charge in [-0.2, -0.15) is 0 Å². The fraction of sp³-hybridized carbons (Fsp3) is 0.111. The predicted octanol–water partition coefficient (Wildman–Crippen LogP) is 1.00. The Bertz CT molecular complexity index is 401. The van der Waals surface area contributed by atoms with Crippen LogP contribution in [0.3, 0.4) is 0 Å². The normalized spacial score (nSPS) is 18.0. The number of fused-ring (bicyclic) bond motifs is 1. The van der Waals surface area contributed by atoms with Crippen molar-refractivity contribution in [3.05, 3.63) is 29.8 Å². The summed E-state index contributed by atoms with van der Waals surface area (Å²) in [5.41, 5.74) is 1.82. The SMILES string of the molecule is O=C1NC/C(=N/O)c2ccccc2N1. The minimum Gasteiger partial charge on any atom is -0.411 e. The van der Waals surface area contributed by atoms with Gasteiger partial charge in [-0.05, 0) is 6.07 Å². The average molecular weight is 191 g/mol. The molecule has 1 aromatic carbocycles. The summed E-state index contributed by atoms with van der Waals surface area (Å²) >= 11 is 0. The highest BCUT2D eigenvalue weighted by Crippen LogP contribution is 2.17. The van der Waals surface area contributed by atoms with Gasteiger partial charge in [0.05, 0.1) is 12.2 Å². The zero-order valence-electron chi connectivity index (χ0n) is 7.32. The highest BCUT2D eigenvalue weighted by atomic mass is 16.4. The first-order chi connectivity index (χ1) is 6.81. The van der Waals surface area contributed by atoms with E-state index in [1.165, 1.54) is 0 Å². The monoisotopic (exact) mass is 191 g/mol. The number of rotatable bonds is 0. The minimum absolute atomic E-state index is 0.222. The zero-order valence-corrected chi connectivity index (χ0v) is 7.32. The van der Waals surface area contributed by atoms with Gasteiger partial charge in [-0.25, -0.2) is 4.79 Å². The van der Waals surface area contributed by atoms with E-state index >= 15 is 0 Å². The summed E-state index contributed by atoms with van der Waals surface area (Å²) in [5.74, 6) is 0. The number of carbonyl (C=O) groups excluding carboxylic acids is 1. The number of nitrogens with one attached hydrogen (secondary N) is 2. The van der Waals surface area contributed by atoms with Crippen molar-refractivity contribution in [1.29, 1.82) is 0 Å². The molecule has 1 aliphatic heterocycles. The molecule has 0 saturated carbocycles. The van der Waals surface area contributed by atoms with Crippen molar-refractivity contribution < 1.29 is 10.0 Å². The molecule has 1 aliphatic rings. The Kier molecular flexibility index (Phi) is 2.06. The molecule has 3 N–H and O–H groups in total. The molecule has 0 fully saturated rings. The van der Waals surface area contributed by atoms with E-state index in [-0.39, 0.29) is 12.6 Å². The van der Waals surface area contributed by atoms with Crippen LogP contribution in [0.2, 0.25) is 0 Å². The summed E-state index contributed by atoms with van der Waals surface area (Å²) in [7, 11) is 0. The van der Waals surface area contributed by atoms with Crippen molar-refractivity contribution in [2.45, 2.75) is 0 Å². The smallest absolute Gasteiger partial charge is 0.319 e. The summed E-state index contributed by atoms with van der Waals surface area (Å²) in [4.78, 5) is 11.1. The lowest BCUT2D eigenvalue weighted by Gasteiger charge is -2.04. The first kappa shape index (κ1) is 8.55. The summed E-state index contributed by atoms with van der Waals surface area (Å²) < 4.78 is 0. The Labute approximate surface area is 80.4 Å². The third kappa shape index (κ3) is 1.39. The van der Waals surface area contributed by atoms with Gasteiger partial charge in [0.15, 0.2) is 0 Å². The van der Waals surface area contributed by atoms with E-state index in [0.29, 0.717) is 11.4 Å². The van der Waals surface area contributed by atoms with Crippen LogP contribution in [0.5, 0.6) is 0 Å². The van der Waals surface area contributed by atoms with E-state index in [9.17, 15) is 4.79 Å². The largest absolute Gasteiger partial charge is 0.411 e. The number of oxime groups is 1. The van der Waals surface area contributed by atoms with Crippen molar-refractivity contribution in [3.8, 4) is 0 Å². The van der Waals surface area contributed by atoms with Gasteiger partial charge in [-0.15, -0.1) is 0 Å². The lowest BCUT2D eigenvalue weighted by molar-refractivity contribution is 0.253. The topological polar surface area (TPSA) is 73.7 Å². The number of hydrogen-bond donors (Lipinski definition) is 3. The molecular formula is C9H9N3O2. The van der Waals surface area contributed by atoms with Gasteiger partial charge in [0, 0.05) is 5.56 Å². The number of anilines is 1. The van der Waals surface area contributed by atoms with Crippen LogP contribution in [0.1, 0.15) is 5.56 Å². The van der Waals surface area contributed by atoms with Crippen LogP contribution in [0.15, 0.2) is 29.4 Å². The lowest BCUT2D eigenvalue weighted by atomic mass is 10.1. The molecule has 0 radical (unpaired) electrons. The molecule has 0 spiro atoms. The molecule has 0 saturated heterocycles. The molecular weight excluding hydrogens is 182 g/mol. The fourth-order valence-electron chi connectivity index (χ4n) is 1.36. The predicted molar refractivity (Wildman–Crippen MR) is 51.8 cm³/mol. The summed E-state index contributed by atoms with van der Waals surface area (Å²) in [6, 6.07) is 6.88. The standard InChI is InChI=1S/C9H9N3O2/c13-9-10-5-8(12-14)6-3-1-2-4-7(6)11-9/h1-4,14H,5H2,(H2,10,11,13)/b12-8-. The number of para-hydroxylation sites is 1. The van der Waals surface area contributed by atoms with Crippen LogP contribution in [-0.2, 0) is 0 Å². The van der Waals surface area contributed by atoms with Crippen LogP contribution in [-0.4, -0.2) is 23.5 Å². The van der Waals surface area contributed by atoms with Crippen LogP contribution in [0, 0.1) is 0 Å². The van der Waals surface area contributed by atoms with Crippen LogP contribution >= 0.6 is 0 Å². The van der Waals surface area contributed by atoms with Crippen molar-refractivity contribution in [2.24, 2.45) is 5.16 Å². The van der Waals surface area contributed by atoms with E-state index in [0.717, 1.165) is 5.56 Å². The maximum Gasteiger partial charge on any atom is 0.319 e. The first-order valence-electron chi connectivity index (χ1n) is 4.16. The second kappa shape index (κ2) is 3.37. The van der Waals surface area contributed by atoms with Gasteiger partial charge in [0.2, 0.25) is 0 Å². The van der Waals surface area contributed by atoms with Crippen molar-refractivity contribution in [2.75, 3.05) is 11.9 Å². The molecule has 14 heavy (non-hydrogen) atoms. The zero-order chi connectivity index (χ0) is 9.97. The third-order valence-electron chi connectivity index (χ3n) is 2.02. The quantitative estimate of drug-likeness (QED) is 0.422. The van der Waals surface area contributed by atoms with E-state index < -0.39 is 0 Å². The minimum atomic E-state index is -0.295. The molecule has 72 valence electrons. The number of carbonyl (C=O) groups is 1. The second-order valence-corrected chi connectivity index (χ2v) is 2.90. The number of hydrogen-bond acceptors (Lipinski definition) is 3. The Morgan fingerprint density at radius 1 is 1.36 bits per heavy atom. The Balaban J connectivity index is 2.51. The van der Waals surface area contributed by atoms with Gasteiger partial charge in [-0.3, -0.25) is 0 Å². The Morgan fingerprint density at radius 2 is 2.14 bits per heavy atom. The maximum absolute atomic E-state index is 11.1. The first-order valence-corrected chi connectivity index (χ1v) is 4.16. The molecule has 2 amide bonds. The average Bonchev–Trinajstić information content (AvgIpc) is 2.36. The number of amides is 2. The van der Waals surface area contributed by atoms with E-state index in [1.54, 1.807) is 18.2 Å². The van der Waals surface area contributed by atoms with Crippen LogP contribution in [0.25, 0.3) is 0 Å². The van der Waals surface area contributed by atoms with Gasteiger partial charge >= 0.3 is 6.03 Å². The summed E-state index contributed by atoms with van der Waals surface area (Å²) in [6.45, 7) is 0.222. The second-order valence-electron chi connectivity index (χ2n) is 2.90. The molecule has 5 nitrogen and oxygen atoms in total. The van der Waals surface area contributed by atoms with Gasteiger partial charge in [0.1, 0.15) is 5.71 Å². The maximum atomic E-state index is 11.1. The molecule has 0 atom stereocenters. The highest BCUT2D eigenvalue weighted by Gasteiger charge is 2.16. The molecule has 1 heterocycles. The van der Waals surface area contributed by atoms with Crippen molar-refractivity contribution >= 4 is 17.4 Å². The van der Waals surface area contributed by atoms with Gasteiger partial charge in [0.25, 0.3) is 0 Å². The molecule has 0 aromatic heterocycles. The van der Waals surface area contributed by atoms with Crippen LogP contribution < -0.4 is 10.6 Å². The Hall–Kier alpha value is -2.04. The summed E-state index contributed by atoms with van der Waals surface area (Å²) in [5, 5.41) is 17.1. The molecule has 0 unspecified atom stereocenters. The van der Waals surface area contributed by atoms with E-state index in [1.807, 2.05) is 6.07 Å². The van der Waals surface area contributed by atoms with E-state index in [4.69, 9.17) is 5.21 Å². The molecule has 5 heteroatoms. The lowest BCUT2D eigenvalue weighted by Crippen LogP contribution is -2.29. The van der Waals surface area contributed by atoms with E-state index in [2.05, 4.69) is 15.8 Å². The summed E-state index contributed by atoms with van der Waals surface area (Å²) in [6.07, 6.45) is 0. The third-order valence-corrected chi connectivity index (χ3v) is 2.02.